The van der Waals surface area contributed by atoms with Crippen LogP contribution in [0.4, 0.5) is 0 Å². The van der Waals surface area contributed by atoms with E-state index in [4.69, 9.17) is 4.74 Å². The Kier molecular flexibility index (Phi) is 5.65. The van der Waals surface area contributed by atoms with E-state index < -0.39 is 6.10 Å². The number of amides is 1. The van der Waals surface area contributed by atoms with Crippen LogP contribution in [0, 0.1) is 0 Å². The Morgan fingerprint density at radius 1 is 1.44 bits per heavy atom. The highest BCUT2D eigenvalue weighted by Gasteiger charge is 2.07. The molecule has 0 fully saturated rings. The molecule has 1 rings (SSSR count). The van der Waals surface area contributed by atoms with Gasteiger partial charge in [-0.2, -0.15) is 0 Å². The van der Waals surface area contributed by atoms with Gasteiger partial charge in [-0.3, -0.25) is 4.79 Å². The van der Waals surface area contributed by atoms with Gasteiger partial charge in [0, 0.05) is 6.04 Å². The lowest BCUT2D eigenvalue weighted by molar-refractivity contribution is -0.123. The molecule has 4 nitrogen and oxygen atoms in total. The highest BCUT2D eigenvalue weighted by molar-refractivity contribution is 5.77. The predicted molar refractivity (Wildman–Crippen MR) is 70.5 cm³/mol. The molecular formula is C14H21NO3. The van der Waals surface area contributed by atoms with Gasteiger partial charge in [0.2, 0.25) is 0 Å². The van der Waals surface area contributed by atoms with Crippen molar-refractivity contribution in [3.8, 4) is 5.75 Å². The molecule has 0 saturated carbocycles. The van der Waals surface area contributed by atoms with E-state index in [9.17, 15) is 9.90 Å². The zero-order valence-electron chi connectivity index (χ0n) is 11.1. The second kappa shape index (κ2) is 7.01. The van der Waals surface area contributed by atoms with Crippen molar-refractivity contribution in [3.63, 3.8) is 0 Å². The van der Waals surface area contributed by atoms with Crippen LogP contribution in [0.2, 0.25) is 0 Å². The van der Waals surface area contributed by atoms with Crippen molar-refractivity contribution in [1.82, 2.24) is 5.32 Å². The van der Waals surface area contributed by atoms with E-state index >= 15 is 0 Å². The molecule has 0 saturated heterocycles. The summed E-state index contributed by atoms with van der Waals surface area (Å²) in [5.74, 6) is 0.458. The number of carbonyl (C=O) groups excluding carboxylic acids is 1. The molecule has 0 aliphatic heterocycles. The molecular weight excluding hydrogens is 230 g/mol. The summed E-state index contributed by atoms with van der Waals surface area (Å²) >= 11 is 0. The fourth-order valence-corrected chi connectivity index (χ4v) is 1.43. The first-order valence-corrected chi connectivity index (χ1v) is 6.23. The number of benzene rings is 1. The van der Waals surface area contributed by atoms with Gasteiger partial charge in [-0.05, 0) is 38.0 Å². The molecule has 0 heterocycles. The summed E-state index contributed by atoms with van der Waals surface area (Å²) in [6.45, 7) is 5.65. The largest absolute Gasteiger partial charge is 0.484 e. The van der Waals surface area contributed by atoms with E-state index in [-0.39, 0.29) is 18.6 Å². The van der Waals surface area contributed by atoms with Crippen molar-refractivity contribution in [2.75, 3.05) is 6.61 Å². The minimum absolute atomic E-state index is 0.00635. The summed E-state index contributed by atoms with van der Waals surface area (Å²) in [5, 5.41) is 12.3. The van der Waals surface area contributed by atoms with Crippen molar-refractivity contribution in [3.05, 3.63) is 29.8 Å². The molecule has 4 heteroatoms. The molecule has 0 spiro atoms. The Morgan fingerprint density at radius 3 is 2.78 bits per heavy atom. The molecule has 0 aliphatic carbocycles. The highest BCUT2D eigenvalue weighted by Crippen LogP contribution is 2.18. The quantitative estimate of drug-likeness (QED) is 0.813. The van der Waals surface area contributed by atoms with Gasteiger partial charge in [-0.25, -0.2) is 0 Å². The van der Waals surface area contributed by atoms with Crippen molar-refractivity contribution in [2.45, 2.75) is 39.3 Å². The minimum Gasteiger partial charge on any atom is -0.484 e. The molecule has 100 valence electrons. The van der Waals surface area contributed by atoms with E-state index in [1.807, 2.05) is 19.9 Å². The third kappa shape index (κ3) is 4.75. The van der Waals surface area contributed by atoms with E-state index in [2.05, 4.69) is 5.32 Å². The van der Waals surface area contributed by atoms with Gasteiger partial charge in [0.1, 0.15) is 5.75 Å². The molecule has 18 heavy (non-hydrogen) atoms. The average molecular weight is 251 g/mol. The number of aliphatic hydroxyl groups excluding tert-OH is 1. The monoisotopic (exact) mass is 251 g/mol. The second-order valence-electron chi connectivity index (χ2n) is 4.41. The number of carbonyl (C=O) groups is 1. The number of hydrogen-bond acceptors (Lipinski definition) is 3. The second-order valence-corrected chi connectivity index (χ2v) is 4.41. The summed E-state index contributed by atoms with van der Waals surface area (Å²) in [5.41, 5.74) is 0.773. The third-order valence-corrected chi connectivity index (χ3v) is 2.73. The van der Waals surface area contributed by atoms with Crippen LogP contribution in [0.3, 0.4) is 0 Å². The Bertz CT molecular complexity index is 390. The Hall–Kier alpha value is -1.55. The zero-order valence-corrected chi connectivity index (χ0v) is 11.1. The highest BCUT2D eigenvalue weighted by atomic mass is 16.5. The maximum absolute atomic E-state index is 11.5. The molecule has 2 N–H and O–H groups in total. The predicted octanol–water partition coefficient (Wildman–Crippen LogP) is 2.03. The summed E-state index contributed by atoms with van der Waals surface area (Å²) < 4.78 is 5.38. The van der Waals surface area contributed by atoms with E-state index in [0.29, 0.717) is 5.75 Å². The number of ether oxygens (including phenoxy) is 1. The van der Waals surface area contributed by atoms with Crippen LogP contribution in [0.1, 0.15) is 38.9 Å². The van der Waals surface area contributed by atoms with Crippen LogP contribution < -0.4 is 10.1 Å². The molecule has 1 aromatic rings. The minimum atomic E-state index is -0.539. The van der Waals surface area contributed by atoms with Crippen molar-refractivity contribution >= 4 is 5.91 Å². The molecule has 2 atom stereocenters. The standard InChI is InChI=1S/C14H21NO3/c1-4-10(2)15-14(17)9-18-13-7-5-6-12(8-13)11(3)16/h5-8,10-11,16H,4,9H2,1-3H3,(H,15,17)/t10?,11-/m0/s1. The van der Waals surface area contributed by atoms with Crippen LogP contribution >= 0.6 is 0 Å². The van der Waals surface area contributed by atoms with Crippen LogP contribution in [0.15, 0.2) is 24.3 Å². The number of rotatable bonds is 6. The average Bonchev–Trinajstić information content (AvgIpc) is 2.36. The van der Waals surface area contributed by atoms with Gasteiger partial charge in [-0.15, -0.1) is 0 Å². The van der Waals surface area contributed by atoms with Gasteiger partial charge >= 0.3 is 0 Å². The normalized spacial score (nSPS) is 13.8. The van der Waals surface area contributed by atoms with Crippen LogP contribution in [-0.4, -0.2) is 23.7 Å². The van der Waals surface area contributed by atoms with Crippen LogP contribution in [-0.2, 0) is 4.79 Å². The first-order chi connectivity index (χ1) is 8.52. The summed E-state index contributed by atoms with van der Waals surface area (Å²) in [6.07, 6.45) is 0.353. The smallest absolute Gasteiger partial charge is 0.258 e. The summed E-state index contributed by atoms with van der Waals surface area (Å²) in [6, 6.07) is 7.27. The van der Waals surface area contributed by atoms with Crippen molar-refractivity contribution in [2.24, 2.45) is 0 Å². The lowest BCUT2D eigenvalue weighted by atomic mass is 10.1. The van der Waals surface area contributed by atoms with E-state index in [1.54, 1.807) is 25.1 Å². The van der Waals surface area contributed by atoms with Gasteiger partial charge in [0.15, 0.2) is 6.61 Å². The van der Waals surface area contributed by atoms with Crippen molar-refractivity contribution in [1.29, 1.82) is 0 Å². The maximum atomic E-state index is 11.5. The molecule has 1 amide bonds. The lowest BCUT2D eigenvalue weighted by Gasteiger charge is -2.12. The third-order valence-electron chi connectivity index (χ3n) is 2.73. The Morgan fingerprint density at radius 2 is 2.17 bits per heavy atom. The maximum Gasteiger partial charge on any atom is 0.258 e. The first-order valence-electron chi connectivity index (χ1n) is 6.23. The SMILES string of the molecule is CCC(C)NC(=O)COc1cccc([C@H](C)O)c1. The fourth-order valence-electron chi connectivity index (χ4n) is 1.43. The molecule has 0 radical (unpaired) electrons. The lowest BCUT2D eigenvalue weighted by Crippen LogP contribution is -2.35. The summed E-state index contributed by atoms with van der Waals surface area (Å²) in [7, 11) is 0. The van der Waals surface area contributed by atoms with E-state index in [0.717, 1.165) is 12.0 Å². The zero-order chi connectivity index (χ0) is 13.5. The molecule has 0 aromatic heterocycles. The van der Waals surface area contributed by atoms with Gasteiger partial charge in [0.25, 0.3) is 5.91 Å². The van der Waals surface area contributed by atoms with Crippen LogP contribution in [0.5, 0.6) is 5.75 Å². The molecule has 0 aliphatic rings. The molecule has 0 bridgehead atoms. The van der Waals surface area contributed by atoms with E-state index in [1.165, 1.54) is 0 Å². The van der Waals surface area contributed by atoms with Gasteiger partial charge < -0.3 is 15.2 Å². The first kappa shape index (κ1) is 14.5. The van der Waals surface area contributed by atoms with Crippen molar-refractivity contribution < 1.29 is 14.6 Å². The number of nitrogens with one attached hydrogen (secondary N) is 1. The topological polar surface area (TPSA) is 58.6 Å². The molecule has 1 unspecified atom stereocenters. The Labute approximate surface area is 108 Å². The number of aliphatic hydroxyl groups is 1. The van der Waals surface area contributed by atoms with Gasteiger partial charge in [-0.1, -0.05) is 19.1 Å². The molecule has 1 aromatic carbocycles. The fraction of sp³-hybridized carbons (Fsp3) is 0.500. The summed E-state index contributed by atoms with van der Waals surface area (Å²) in [4.78, 5) is 11.5. The van der Waals surface area contributed by atoms with Gasteiger partial charge in [0.05, 0.1) is 6.10 Å². The Balaban J connectivity index is 2.48. The van der Waals surface area contributed by atoms with Crippen LogP contribution in [0.25, 0.3) is 0 Å². The number of hydrogen-bond donors (Lipinski definition) is 2.